The lowest BCUT2D eigenvalue weighted by molar-refractivity contribution is 0.662. The van der Waals surface area contributed by atoms with Crippen molar-refractivity contribution in [3.05, 3.63) is 318 Å². The molecule has 0 amide bonds. The van der Waals surface area contributed by atoms with Gasteiger partial charge in [-0.05, 0) is 166 Å². The molecule has 0 unspecified atom stereocenters. The fourth-order valence-corrected chi connectivity index (χ4v) is 12.8. The highest BCUT2D eigenvalue weighted by Crippen LogP contribution is 2.58. The topological polar surface area (TPSA) is 3.24 Å². The molecule has 2 aliphatic rings. The highest BCUT2D eigenvalue weighted by Gasteiger charge is 2.46. The summed E-state index contributed by atoms with van der Waals surface area (Å²) in [5, 5.41) is 2.51. The minimum Gasteiger partial charge on any atom is -0.310 e. The van der Waals surface area contributed by atoms with E-state index < -0.39 is 5.41 Å². The van der Waals surface area contributed by atoms with Gasteiger partial charge in [0.15, 0.2) is 0 Å². The van der Waals surface area contributed by atoms with E-state index in [1.54, 1.807) is 0 Å². The van der Waals surface area contributed by atoms with Gasteiger partial charge in [0, 0.05) is 22.5 Å². The minimum absolute atomic E-state index is 0.123. The van der Waals surface area contributed by atoms with Gasteiger partial charge in [0.05, 0.1) is 5.41 Å². The SMILES string of the molecule is CC1(C)c2ccccc2-c2cccc(-c3ccc(N(c4ccc(-c5cccc(-c6cccc(-c7ccc8ccccc8c7)c6)c5)cc4)c4ccc5c(c4)C(c4ccccc4)(c4ccccc4)c4ccccc4-5)cc3)c21. The van der Waals surface area contributed by atoms with Crippen LogP contribution in [-0.2, 0) is 10.8 Å². The summed E-state index contributed by atoms with van der Waals surface area (Å²) in [7, 11) is 0. The van der Waals surface area contributed by atoms with Crippen LogP contribution in [-0.4, -0.2) is 0 Å². The summed E-state index contributed by atoms with van der Waals surface area (Å²) in [6.07, 6.45) is 0. The van der Waals surface area contributed by atoms with Crippen LogP contribution in [0.2, 0.25) is 0 Å². The molecule has 0 saturated heterocycles. The molecule has 12 aromatic rings. The van der Waals surface area contributed by atoms with E-state index in [4.69, 9.17) is 0 Å². The van der Waals surface area contributed by atoms with Crippen LogP contribution in [0, 0.1) is 0 Å². The molecule has 354 valence electrons. The van der Waals surface area contributed by atoms with E-state index >= 15 is 0 Å². The van der Waals surface area contributed by atoms with Gasteiger partial charge < -0.3 is 4.90 Å². The van der Waals surface area contributed by atoms with E-state index in [0.29, 0.717) is 0 Å². The number of nitrogens with zero attached hydrogens (tertiary/aromatic N) is 1. The zero-order valence-corrected chi connectivity index (χ0v) is 42.1. The van der Waals surface area contributed by atoms with Crippen molar-refractivity contribution < 1.29 is 0 Å². The average molecular weight is 956 g/mol. The van der Waals surface area contributed by atoms with Gasteiger partial charge in [-0.2, -0.15) is 0 Å². The summed E-state index contributed by atoms with van der Waals surface area (Å²) >= 11 is 0. The predicted molar refractivity (Wildman–Crippen MR) is 315 cm³/mol. The molecule has 14 rings (SSSR count). The molecule has 75 heavy (non-hydrogen) atoms. The van der Waals surface area contributed by atoms with Crippen molar-refractivity contribution in [2.45, 2.75) is 24.7 Å². The standard InChI is InChI=1S/C74H53N/c1-73(2)69-32-13-11-29-66(69)68-31-17-30-64(72(68)73)52-38-42-62(43-39-52)75(63-44-45-67-65-28-12-14-33-70(65)74(71(67)49-63,59-24-5-3-6-25-59)60-26-7-4-8-27-60)61-40-36-51(37-41-61)54-20-15-21-55(46-54)56-22-16-23-57(48-56)58-35-34-50-18-9-10-19-53(50)47-58/h3-49H,1-2H3. The van der Waals surface area contributed by atoms with Crippen LogP contribution < -0.4 is 4.90 Å². The van der Waals surface area contributed by atoms with E-state index in [2.05, 4.69) is 304 Å². The number of hydrogen-bond donors (Lipinski definition) is 0. The van der Waals surface area contributed by atoms with Gasteiger partial charge in [0.25, 0.3) is 0 Å². The Bertz CT molecular complexity index is 4090. The molecule has 2 aliphatic carbocycles. The van der Waals surface area contributed by atoms with Gasteiger partial charge in [-0.15, -0.1) is 0 Å². The fourth-order valence-electron chi connectivity index (χ4n) is 12.8. The van der Waals surface area contributed by atoms with Crippen LogP contribution in [0.1, 0.15) is 47.2 Å². The molecule has 0 heterocycles. The monoisotopic (exact) mass is 955 g/mol. The first-order chi connectivity index (χ1) is 36.9. The molecule has 0 radical (unpaired) electrons. The second-order valence-electron chi connectivity index (χ2n) is 20.8. The van der Waals surface area contributed by atoms with Crippen molar-refractivity contribution in [2.24, 2.45) is 0 Å². The van der Waals surface area contributed by atoms with Gasteiger partial charge >= 0.3 is 0 Å². The van der Waals surface area contributed by atoms with E-state index in [9.17, 15) is 0 Å². The van der Waals surface area contributed by atoms with Crippen molar-refractivity contribution >= 4 is 27.8 Å². The zero-order valence-electron chi connectivity index (χ0n) is 42.1. The third kappa shape index (κ3) is 7.22. The first-order valence-electron chi connectivity index (χ1n) is 26.2. The number of anilines is 3. The summed E-state index contributed by atoms with van der Waals surface area (Å²) in [6, 6.07) is 106. The predicted octanol–water partition coefficient (Wildman–Crippen LogP) is 19.6. The fraction of sp³-hybridized carbons (Fsp3) is 0.0541. The van der Waals surface area contributed by atoms with Crippen molar-refractivity contribution in [2.75, 3.05) is 4.90 Å². The van der Waals surface area contributed by atoms with Crippen LogP contribution >= 0.6 is 0 Å². The van der Waals surface area contributed by atoms with Crippen molar-refractivity contribution in [1.82, 2.24) is 0 Å². The maximum absolute atomic E-state index is 2.47. The third-order valence-corrected chi connectivity index (χ3v) is 16.3. The Balaban J connectivity index is 0.884. The summed E-state index contributed by atoms with van der Waals surface area (Å²) in [5.41, 5.74) is 25.4. The minimum atomic E-state index is -0.526. The molecule has 0 atom stereocenters. The lowest BCUT2D eigenvalue weighted by atomic mass is 9.67. The van der Waals surface area contributed by atoms with Gasteiger partial charge in [0.2, 0.25) is 0 Å². The molecule has 0 aromatic heterocycles. The van der Waals surface area contributed by atoms with E-state index in [0.717, 1.165) is 17.1 Å². The Hall–Kier alpha value is -9.30. The maximum Gasteiger partial charge on any atom is 0.0714 e. The summed E-state index contributed by atoms with van der Waals surface area (Å²) in [6.45, 7) is 4.75. The molecule has 0 spiro atoms. The molecule has 0 fully saturated rings. The molecular formula is C74H53N. The third-order valence-electron chi connectivity index (χ3n) is 16.3. The number of fused-ring (bicyclic) bond motifs is 7. The van der Waals surface area contributed by atoms with E-state index in [-0.39, 0.29) is 5.41 Å². The van der Waals surface area contributed by atoms with Crippen LogP contribution in [0.5, 0.6) is 0 Å². The van der Waals surface area contributed by atoms with E-state index in [1.807, 2.05) is 0 Å². The molecule has 0 N–H and O–H groups in total. The quantitative estimate of drug-likeness (QED) is 0.139. The number of rotatable bonds is 9. The Kier molecular flexibility index (Phi) is 10.5. The summed E-state index contributed by atoms with van der Waals surface area (Å²) < 4.78 is 0. The Morgan fingerprint density at radius 3 is 1.33 bits per heavy atom. The first kappa shape index (κ1) is 44.4. The molecule has 0 bridgehead atoms. The van der Waals surface area contributed by atoms with Crippen molar-refractivity contribution in [1.29, 1.82) is 0 Å². The second kappa shape index (κ2) is 17.7. The summed E-state index contributed by atoms with van der Waals surface area (Å²) in [5.74, 6) is 0. The normalized spacial score (nSPS) is 13.4. The molecule has 0 aliphatic heterocycles. The van der Waals surface area contributed by atoms with Crippen LogP contribution in [0.15, 0.2) is 285 Å². The van der Waals surface area contributed by atoms with Crippen LogP contribution in [0.4, 0.5) is 17.1 Å². The van der Waals surface area contributed by atoms with Gasteiger partial charge in [-0.25, -0.2) is 0 Å². The number of benzene rings is 12. The van der Waals surface area contributed by atoms with Gasteiger partial charge in [-0.1, -0.05) is 244 Å². The smallest absolute Gasteiger partial charge is 0.0714 e. The van der Waals surface area contributed by atoms with Crippen molar-refractivity contribution in [3.63, 3.8) is 0 Å². The highest BCUT2D eigenvalue weighted by atomic mass is 15.1. The van der Waals surface area contributed by atoms with Crippen molar-refractivity contribution in [3.8, 4) is 66.8 Å². The largest absolute Gasteiger partial charge is 0.310 e. The Morgan fingerprint density at radius 2 is 0.693 bits per heavy atom. The zero-order chi connectivity index (χ0) is 50.1. The Morgan fingerprint density at radius 1 is 0.253 bits per heavy atom. The molecule has 1 nitrogen and oxygen atoms in total. The molecule has 12 aromatic carbocycles. The molecule has 0 saturated carbocycles. The van der Waals surface area contributed by atoms with Crippen LogP contribution in [0.3, 0.4) is 0 Å². The maximum atomic E-state index is 2.47. The lowest BCUT2D eigenvalue weighted by Crippen LogP contribution is -2.28. The highest BCUT2D eigenvalue weighted by molar-refractivity contribution is 5.92. The van der Waals surface area contributed by atoms with Crippen LogP contribution in [0.25, 0.3) is 77.5 Å². The average Bonchev–Trinajstić information content (AvgIpc) is 4.04. The second-order valence-corrected chi connectivity index (χ2v) is 20.8. The van der Waals surface area contributed by atoms with Gasteiger partial charge in [-0.3, -0.25) is 0 Å². The lowest BCUT2D eigenvalue weighted by Gasteiger charge is -2.35. The van der Waals surface area contributed by atoms with E-state index in [1.165, 1.54) is 111 Å². The number of hydrogen-bond acceptors (Lipinski definition) is 1. The molecule has 1 heteroatoms. The Labute approximate surface area is 440 Å². The summed E-state index contributed by atoms with van der Waals surface area (Å²) in [4.78, 5) is 2.45. The first-order valence-corrected chi connectivity index (χ1v) is 26.2. The molecular weight excluding hydrogens is 903 g/mol. The van der Waals surface area contributed by atoms with Gasteiger partial charge in [0.1, 0.15) is 0 Å².